The van der Waals surface area contributed by atoms with Gasteiger partial charge in [0.15, 0.2) is 0 Å². The average Bonchev–Trinajstić information content (AvgIpc) is 2.65. The summed E-state index contributed by atoms with van der Waals surface area (Å²) in [5.74, 6) is -1.86. The molecule has 5 nitrogen and oxygen atoms in total. The molecule has 6 heteroatoms. The van der Waals surface area contributed by atoms with Crippen LogP contribution >= 0.6 is 0 Å². The van der Waals surface area contributed by atoms with Gasteiger partial charge in [-0.2, -0.15) is 0 Å². The lowest BCUT2D eigenvalue weighted by molar-refractivity contribution is -0.139. The molecule has 2 rings (SSSR count). The molecule has 132 valence electrons. The summed E-state index contributed by atoms with van der Waals surface area (Å²) in [6, 6.07) is 14.6. The van der Waals surface area contributed by atoms with Crippen molar-refractivity contribution in [1.29, 1.82) is 0 Å². The van der Waals surface area contributed by atoms with E-state index in [2.05, 4.69) is 10.6 Å². The van der Waals surface area contributed by atoms with Gasteiger partial charge in [0.05, 0.1) is 6.04 Å². The van der Waals surface area contributed by atoms with Gasteiger partial charge < -0.3 is 15.7 Å². The van der Waals surface area contributed by atoms with Crippen molar-refractivity contribution in [3.8, 4) is 0 Å². The Morgan fingerprint density at radius 3 is 2.32 bits per heavy atom. The first-order valence-corrected chi connectivity index (χ1v) is 8.09. The molecule has 25 heavy (non-hydrogen) atoms. The van der Waals surface area contributed by atoms with Crippen LogP contribution in [0.3, 0.4) is 0 Å². The molecular weight excluding hydrogens is 323 g/mol. The number of amides is 2. The monoisotopic (exact) mass is 344 g/mol. The van der Waals surface area contributed by atoms with Gasteiger partial charge in [-0.25, -0.2) is 4.39 Å². The van der Waals surface area contributed by atoms with E-state index in [0.717, 1.165) is 5.56 Å². The smallest absolute Gasteiger partial charge is 0.309 e. The van der Waals surface area contributed by atoms with Crippen molar-refractivity contribution in [1.82, 2.24) is 10.6 Å². The molecule has 0 saturated carbocycles. The standard InChI is InChI=1S/C19H21FN2O3/c20-16-10-8-14(9-11-16)13-21-18(24)19(25)22-17(7-4-12-23)15-5-2-1-3-6-15/h1-3,5-6,8-11,17,23H,4,7,12-13H2,(H,21,24)(H,22,25). The van der Waals surface area contributed by atoms with E-state index in [1.807, 2.05) is 30.3 Å². The Hall–Kier alpha value is -2.73. The van der Waals surface area contributed by atoms with E-state index in [1.165, 1.54) is 12.1 Å². The number of hydrogen-bond donors (Lipinski definition) is 3. The van der Waals surface area contributed by atoms with Gasteiger partial charge >= 0.3 is 11.8 Å². The van der Waals surface area contributed by atoms with Gasteiger partial charge in [0.25, 0.3) is 0 Å². The van der Waals surface area contributed by atoms with Gasteiger partial charge in [0.1, 0.15) is 5.82 Å². The highest BCUT2D eigenvalue weighted by Crippen LogP contribution is 2.17. The molecule has 2 aromatic rings. The van der Waals surface area contributed by atoms with Crippen LogP contribution < -0.4 is 10.6 Å². The fraction of sp³-hybridized carbons (Fsp3) is 0.263. The summed E-state index contributed by atoms with van der Waals surface area (Å²) in [4.78, 5) is 24.1. The van der Waals surface area contributed by atoms with Gasteiger partial charge in [-0.3, -0.25) is 9.59 Å². The summed E-state index contributed by atoms with van der Waals surface area (Å²) in [6.07, 6.45) is 1.04. The summed E-state index contributed by atoms with van der Waals surface area (Å²) >= 11 is 0. The molecule has 0 bridgehead atoms. The highest BCUT2D eigenvalue weighted by molar-refractivity contribution is 6.35. The van der Waals surface area contributed by atoms with Crippen molar-refractivity contribution in [3.63, 3.8) is 0 Å². The van der Waals surface area contributed by atoms with Crippen molar-refractivity contribution >= 4 is 11.8 Å². The van der Waals surface area contributed by atoms with E-state index >= 15 is 0 Å². The molecule has 0 aliphatic rings. The highest BCUT2D eigenvalue weighted by Gasteiger charge is 2.19. The lowest BCUT2D eigenvalue weighted by atomic mass is 10.0. The summed E-state index contributed by atoms with van der Waals surface area (Å²) in [7, 11) is 0. The molecule has 0 aliphatic carbocycles. The first kappa shape index (κ1) is 18.6. The van der Waals surface area contributed by atoms with Crippen LogP contribution in [0.4, 0.5) is 4.39 Å². The average molecular weight is 344 g/mol. The molecule has 3 N–H and O–H groups in total. The number of carbonyl (C=O) groups is 2. The molecule has 0 aromatic heterocycles. The third-order valence-electron chi connectivity index (χ3n) is 3.73. The number of aliphatic hydroxyl groups excluding tert-OH is 1. The lowest BCUT2D eigenvalue weighted by Gasteiger charge is -2.18. The summed E-state index contributed by atoms with van der Waals surface area (Å²) in [5.41, 5.74) is 1.57. The van der Waals surface area contributed by atoms with Crippen molar-refractivity contribution < 1.29 is 19.1 Å². The van der Waals surface area contributed by atoms with E-state index in [9.17, 15) is 14.0 Å². The Balaban J connectivity index is 1.92. The second-order valence-corrected chi connectivity index (χ2v) is 5.61. The third kappa shape index (κ3) is 6.00. The first-order chi connectivity index (χ1) is 12.1. The van der Waals surface area contributed by atoms with Crippen molar-refractivity contribution in [2.24, 2.45) is 0 Å². The molecular formula is C19H21FN2O3. The Bertz CT molecular complexity index is 690. The first-order valence-electron chi connectivity index (χ1n) is 8.09. The minimum atomic E-state index is -0.755. The van der Waals surface area contributed by atoms with E-state index in [1.54, 1.807) is 12.1 Å². The molecule has 0 spiro atoms. The molecule has 1 atom stereocenters. The minimum Gasteiger partial charge on any atom is -0.396 e. The number of benzene rings is 2. The normalized spacial score (nSPS) is 11.6. The number of carbonyl (C=O) groups excluding carboxylic acids is 2. The zero-order valence-corrected chi connectivity index (χ0v) is 13.7. The van der Waals surface area contributed by atoms with Gasteiger partial charge in [-0.15, -0.1) is 0 Å². The Morgan fingerprint density at radius 2 is 1.68 bits per heavy atom. The van der Waals surface area contributed by atoms with Crippen LogP contribution in [0.5, 0.6) is 0 Å². The van der Waals surface area contributed by atoms with Crippen LogP contribution in [0.25, 0.3) is 0 Å². The predicted molar refractivity (Wildman–Crippen MR) is 91.9 cm³/mol. The van der Waals surface area contributed by atoms with Crippen LogP contribution in [0, 0.1) is 5.82 Å². The molecule has 1 unspecified atom stereocenters. The number of halogens is 1. The van der Waals surface area contributed by atoms with Gasteiger partial charge in [0, 0.05) is 13.2 Å². The molecule has 0 radical (unpaired) electrons. The maximum Gasteiger partial charge on any atom is 0.309 e. The van der Waals surface area contributed by atoms with Crippen LogP contribution in [0.2, 0.25) is 0 Å². The van der Waals surface area contributed by atoms with Crippen LogP contribution in [-0.2, 0) is 16.1 Å². The van der Waals surface area contributed by atoms with Gasteiger partial charge in [0.2, 0.25) is 0 Å². The lowest BCUT2D eigenvalue weighted by Crippen LogP contribution is -2.41. The van der Waals surface area contributed by atoms with Crippen LogP contribution in [0.15, 0.2) is 54.6 Å². The molecule has 0 fully saturated rings. The molecule has 0 heterocycles. The number of rotatable bonds is 7. The zero-order valence-electron chi connectivity index (χ0n) is 13.7. The summed E-state index contributed by atoms with van der Waals surface area (Å²) < 4.78 is 12.9. The second kappa shape index (κ2) is 9.54. The second-order valence-electron chi connectivity index (χ2n) is 5.61. The highest BCUT2D eigenvalue weighted by atomic mass is 19.1. The molecule has 2 amide bonds. The quantitative estimate of drug-likeness (QED) is 0.673. The SMILES string of the molecule is O=C(NCc1ccc(F)cc1)C(=O)NC(CCCO)c1ccccc1. The predicted octanol–water partition coefficient (Wildman–Crippen LogP) is 2.07. The van der Waals surface area contributed by atoms with Crippen molar-refractivity contribution in [2.75, 3.05) is 6.61 Å². The number of nitrogens with one attached hydrogen (secondary N) is 2. The van der Waals surface area contributed by atoms with Gasteiger partial charge in [-0.05, 0) is 36.1 Å². The Morgan fingerprint density at radius 1 is 1.00 bits per heavy atom. The zero-order chi connectivity index (χ0) is 18.1. The largest absolute Gasteiger partial charge is 0.396 e. The third-order valence-corrected chi connectivity index (χ3v) is 3.73. The van der Waals surface area contributed by atoms with Gasteiger partial charge in [-0.1, -0.05) is 42.5 Å². The van der Waals surface area contributed by atoms with Crippen LogP contribution in [0.1, 0.15) is 30.0 Å². The van der Waals surface area contributed by atoms with E-state index in [4.69, 9.17) is 5.11 Å². The molecule has 0 aliphatic heterocycles. The summed E-state index contributed by atoms with van der Waals surface area (Å²) in [6.45, 7) is 0.148. The Labute approximate surface area is 145 Å². The molecule has 2 aromatic carbocycles. The van der Waals surface area contributed by atoms with Crippen molar-refractivity contribution in [3.05, 3.63) is 71.5 Å². The maximum absolute atomic E-state index is 12.9. The summed E-state index contributed by atoms with van der Waals surface area (Å²) in [5, 5.41) is 14.2. The minimum absolute atomic E-state index is 0.00989. The topological polar surface area (TPSA) is 78.4 Å². The fourth-order valence-corrected chi connectivity index (χ4v) is 2.39. The van der Waals surface area contributed by atoms with Crippen LogP contribution in [-0.4, -0.2) is 23.5 Å². The van der Waals surface area contributed by atoms with E-state index < -0.39 is 11.8 Å². The van der Waals surface area contributed by atoms with E-state index in [-0.39, 0.29) is 25.0 Å². The number of aliphatic hydroxyl groups is 1. The number of hydrogen-bond acceptors (Lipinski definition) is 3. The fourth-order valence-electron chi connectivity index (χ4n) is 2.39. The maximum atomic E-state index is 12.9. The molecule has 0 saturated heterocycles. The Kier molecular flexibility index (Phi) is 7.10. The van der Waals surface area contributed by atoms with E-state index in [0.29, 0.717) is 18.4 Å². The van der Waals surface area contributed by atoms with Crippen molar-refractivity contribution in [2.45, 2.75) is 25.4 Å².